The summed E-state index contributed by atoms with van der Waals surface area (Å²) >= 11 is 0. The van der Waals surface area contributed by atoms with Crippen molar-refractivity contribution in [2.45, 2.75) is 31.6 Å². The maximum atomic E-state index is 10.9. The lowest BCUT2D eigenvalue weighted by Crippen LogP contribution is -1.91. The number of nitro benzene ring substituents is 1. The van der Waals surface area contributed by atoms with Gasteiger partial charge in [-0.05, 0) is 30.4 Å². The maximum absolute atomic E-state index is 10.9. The van der Waals surface area contributed by atoms with Gasteiger partial charge in [0.2, 0.25) is 0 Å². The molecule has 0 atom stereocenters. The predicted molar refractivity (Wildman–Crippen MR) is 70.8 cm³/mol. The fraction of sp³-hybridized carbons (Fsp3) is 0.429. The van der Waals surface area contributed by atoms with Crippen molar-refractivity contribution in [2.24, 2.45) is 7.05 Å². The second kappa shape index (κ2) is 4.12. The van der Waals surface area contributed by atoms with E-state index in [0.717, 1.165) is 10.9 Å². The van der Waals surface area contributed by atoms with E-state index >= 15 is 0 Å². The van der Waals surface area contributed by atoms with Crippen LogP contribution in [0.15, 0.2) is 24.4 Å². The Labute approximate surface area is 105 Å². The lowest BCUT2D eigenvalue weighted by atomic mass is 9.97. The molecule has 0 aliphatic heterocycles. The van der Waals surface area contributed by atoms with E-state index in [1.807, 2.05) is 13.1 Å². The van der Waals surface area contributed by atoms with Crippen LogP contribution in [0.4, 0.5) is 5.69 Å². The highest BCUT2D eigenvalue weighted by molar-refractivity contribution is 5.86. The summed E-state index contributed by atoms with van der Waals surface area (Å²) in [5.41, 5.74) is 2.56. The van der Waals surface area contributed by atoms with Crippen LogP contribution in [0.3, 0.4) is 0 Å². The minimum Gasteiger partial charge on any atom is -0.350 e. The van der Waals surface area contributed by atoms with Gasteiger partial charge in [0.05, 0.1) is 4.92 Å². The largest absolute Gasteiger partial charge is 0.350 e. The molecule has 1 fully saturated rings. The van der Waals surface area contributed by atoms with Gasteiger partial charge < -0.3 is 4.57 Å². The van der Waals surface area contributed by atoms with Gasteiger partial charge in [0.25, 0.3) is 5.69 Å². The average Bonchev–Trinajstić information content (AvgIpc) is 2.97. The van der Waals surface area contributed by atoms with E-state index < -0.39 is 0 Å². The Morgan fingerprint density at radius 2 is 2.06 bits per heavy atom. The molecular formula is C14H16N2O2. The van der Waals surface area contributed by atoms with E-state index in [4.69, 9.17) is 0 Å². The number of aryl methyl sites for hydroxylation is 1. The fourth-order valence-corrected chi connectivity index (χ4v) is 3.09. The van der Waals surface area contributed by atoms with E-state index in [1.165, 1.54) is 31.2 Å². The molecule has 1 saturated carbocycles. The number of fused-ring (bicyclic) bond motifs is 1. The molecule has 1 heterocycles. The Morgan fingerprint density at radius 1 is 1.33 bits per heavy atom. The Morgan fingerprint density at radius 3 is 2.72 bits per heavy atom. The molecule has 3 rings (SSSR count). The third-order valence-electron chi connectivity index (χ3n) is 4.01. The van der Waals surface area contributed by atoms with Crippen molar-refractivity contribution >= 4 is 16.6 Å². The third-order valence-corrected chi connectivity index (χ3v) is 4.01. The van der Waals surface area contributed by atoms with Crippen molar-refractivity contribution in [3.8, 4) is 0 Å². The highest BCUT2D eigenvalue weighted by Gasteiger charge is 2.22. The smallest absolute Gasteiger partial charge is 0.270 e. The second-order valence-corrected chi connectivity index (χ2v) is 5.14. The van der Waals surface area contributed by atoms with Gasteiger partial charge in [-0.15, -0.1) is 0 Å². The molecule has 0 saturated heterocycles. The standard InChI is InChI=1S/C14H16N2O2/c1-15-9-13(10-4-2-3-5-10)12-8-11(16(17)18)6-7-14(12)15/h6-10H,2-5H2,1H3. The summed E-state index contributed by atoms with van der Waals surface area (Å²) in [4.78, 5) is 10.6. The van der Waals surface area contributed by atoms with E-state index in [0.29, 0.717) is 5.92 Å². The average molecular weight is 244 g/mol. The predicted octanol–water partition coefficient (Wildman–Crippen LogP) is 3.74. The summed E-state index contributed by atoms with van der Waals surface area (Å²) in [6, 6.07) is 5.16. The first-order chi connectivity index (χ1) is 8.66. The Kier molecular flexibility index (Phi) is 2.58. The van der Waals surface area contributed by atoms with Crippen LogP contribution in [0.25, 0.3) is 10.9 Å². The molecular weight excluding hydrogens is 228 g/mol. The van der Waals surface area contributed by atoms with Crippen LogP contribution in [-0.4, -0.2) is 9.49 Å². The number of aromatic nitrogens is 1. The Bertz CT molecular complexity index is 610. The summed E-state index contributed by atoms with van der Waals surface area (Å²) in [6.07, 6.45) is 7.11. The molecule has 1 aromatic heterocycles. The first-order valence-corrected chi connectivity index (χ1v) is 6.40. The molecule has 0 radical (unpaired) electrons. The third kappa shape index (κ3) is 1.68. The maximum Gasteiger partial charge on any atom is 0.270 e. The first kappa shape index (κ1) is 11.3. The van der Waals surface area contributed by atoms with Gasteiger partial charge in [-0.25, -0.2) is 0 Å². The van der Waals surface area contributed by atoms with Gasteiger partial charge in [0.15, 0.2) is 0 Å². The fourth-order valence-electron chi connectivity index (χ4n) is 3.09. The molecule has 1 aliphatic carbocycles. The molecule has 0 bridgehead atoms. The van der Waals surface area contributed by atoms with E-state index in [2.05, 4.69) is 10.8 Å². The van der Waals surface area contributed by atoms with Gasteiger partial charge >= 0.3 is 0 Å². The molecule has 0 unspecified atom stereocenters. The zero-order chi connectivity index (χ0) is 12.7. The van der Waals surface area contributed by atoms with Crippen molar-refractivity contribution in [1.29, 1.82) is 0 Å². The monoisotopic (exact) mass is 244 g/mol. The van der Waals surface area contributed by atoms with Crippen molar-refractivity contribution in [3.63, 3.8) is 0 Å². The number of hydrogen-bond donors (Lipinski definition) is 0. The molecule has 18 heavy (non-hydrogen) atoms. The minimum absolute atomic E-state index is 0.188. The van der Waals surface area contributed by atoms with E-state index in [-0.39, 0.29) is 10.6 Å². The number of hydrogen-bond acceptors (Lipinski definition) is 2. The van der Waals surface area contributed by atoms with Crippen LogP contribution in [0.5, 0.6) is 0 Å². The SMILES string of the molecule is Cn1cc(C2CCCC2)c2cc([N+](=O)[O-])ccc21. The number of benzene rings is 1. The lowest BCUT2D eigenvalue weighted by Gasteiger charge is -2.06. The summed E-state index contributed by atoms with van der Waals surface area (Å²) in [6.45, 7) is 0. The van der Waals surface area contributed by atoms with Crippen LogP contribution in [0.1, 0.15) is 37.2 Å². The van der Waals surface area contributed by atoms with Crippen LogP contribution < -0.4 is 0 Å². The number of nitro groups is 1. The minimum atomic E-state index is -0.315. The van der Waals surface area contributed by atoms with Crippen LogP contribution in [0, 0.1) is 10.1 Å². The van der Waals surface area contributed by atoms with Gasteiger partial charge in [-0.3, -0.25) is 10.1 Å². The molecule has 0 N–H and O–H groups in total. The molecule has 4 nitrogen and oxygen atoms in total. The van der Waals surface area contributed by atoms with Gasteiger partial charge in [-0.2, -0.15) is 0 Å². The van der Waals surface area contributed by atoms with Gasteiger partial charge in [0, 0.05) is 36.3 Å². The zero-order valence-electron chi connectivity index (χ0n) is 10.4. The zero-order valence-corrected chi connectivity index (χ0v) is 10.4. The van der Waals surface area contributed by atoms with Gasteiger partial charge in [0.1, 0.15) is 0 Å². The Balaban J connectivity index is 2.18. The van der Waals surface area contributed by atoms with Crippen molar-refractivity contribution in [3.05, 3.63) is 40.1 Å². The normalized spacial score (nSPS) is 16.5. The lowest BCUT2D eigenvalue weighted by molar-refractivity contribution is -0.384. The molecule has 4 heteroatoms. The summed E-state index contributed by atoms with van der Waals surface area (Å²) in [7, 11) is 2.01. The molecule has 0 spiro atoms. The topological polar surface area (TPSA) is 48.1 Å². The molecule has 0 amide bonds. The van der Waals surface area contributed by atoms with Crippen molar-refractivity contribution in [1.82, 2.24) is 4.57 Å². The highest BCUT2D eigenvalue weighted by atomic mass is 16.6. The highest BCUT2D eigenvalue weighted by Crippen LogP contribution is 2.39. The molecule has 1 aromatic carbocycles. The van der Waals surface area contributed by atoms with E-state index in [1.54, 1.807) is 12.1 Å². The van der Waals surface area contributed by atoms with E-state index in [9.17, 15) is 10.1 Å². The van der Waals surface area contributed by atoms with Gasteiger partial charge in [-0.1, -0.05) is 12.8 Å². The number of non-ortho nitro benzene ring substituents is 1. The van der Waals surface area contributed by atoms with Crippen LogP contribution in [0.2, 0.25) is 0 Å². The molecule has 1 aliphatic rings. The summed E-state index contributed by atoms with van der Waals surface area (Å²) < 4.78 is 2.08. The summed E-state index contributed by atoms with van der Waals surface area (Å²) in [5.74, 6) is 0.579. The first-order valence-electron chi connectivity index (χ1n) is 6.40. The van der Waals surface area contributed by atoms with Crippen molar-refractivity contribution in [2.75, 3.05) is 0 Å². The summed E-state index contributed by atoms with van der Waals surface area (Å²) in [5, 5.41) is 11.9. The Hall–Kier alpha value is -1.84. The molecule has 94 valence electrons. The van der Waals surface area contributed by atoms with Crippen LogP contribution in [-0.2, 0) is 7.05 Å². The number of nitrogens with zero attached hydrogens (tertiary/aromatic N) is 2. The second-order valence-electron chi connectivity index (χ2n) is 5.14. The quantitative estimate of drug-likeness (QED) is 0.596. The number of rotatable bonds is 2. The van der Waals surface area contributed by atoms with Crippen molar-refractivity contribution < 1.29 is 4.92 Å². The van der Waals surface area contributed by atoms with Crippen LogP contribution >= 0.6 is 0 Å². The molecule has 2 aromatic rings.